The van der Waals surface area contributed by atoms with Gasteiger partial charge in [-0.05, 0) is 25.2 Å². The second-order valence-corrected chi connectivity index (χ2v) is 9.76. The highest BCUT2D eigenvalue weighted by Gasteiger charge is 2.33. The van der Waals surface area contributed by atoms with E-state index in [1.807, 2.05) is 6.26 Å². The van der Waals surface area contributed by atoms with Crippen LogP contribution in [-0.4, -0.2) is 61.2 Å². The van der Waals surface area contributed by atoms with Gasteiger partial charge in [0.05, 0.1) is 37.4 Å². The Morgan fingerprint density at radius 3 is 2.86 bits per heavy atom. The highest BCUT2D eigenvalue weighted by molar-refractivity contribution is 7.98. The van der Waals surface area contributed by atoms with Crippen molar-refractivity contribution in [3.63, 3.8) is 0 Å². The molecule has 1 saturated heterocycles. The molecular formula is C20H31N4O2S2+. The van der Waals surface area contributed by atoms with Gasteiger partial charge in [-0.1, -0.05) is 18.7 Å². The van der Waals surface area contributed by atoms with E-state index in [1.54, 1.807) is 28.0 Å². The van der Waals surface area contributed by atoms with Crippen molar-refractivity contribution in [2.45, 2.75) is 50.5 Å². The van der Waals surface area contributed by atoms with Crippen LogP contribution < -0.4 is 10.2 Å². The van der Waals surface area contributed by atoms with Crippen LogP contribution in [-0.2, 0) is 22.5 Å². The lowest BCUT2D eigenvalue weighted by atomic mass is 9.90. The molecular weight excluding hydrogens is 392 g/mol. The standard InChI is InChI=1S/C20H30N4O2S2/c1-4-20(2)12-14-15(13-26-20)28-18-16(14)17(22-19(23-18)27-3)21-6-5-7-24-8-10-25-11-9-24/h4-13H2,1-3H3,(H,21,22,23)/p+1/t20-/m1/s1. The van der Waals surface area contributed by atoms with E-state index in [0.717, 1.165) is 67.9 Å². The van der Waals surface area contributed by atoms with Crippen molar-refractivity contribution < 1.29 is 14.4 Å². The largest absolute Gasteiger partial charge is 0.370 e. The van der Waals surface area contributed by atoms with Gasteiger partial charge in [0, 0.05) is 24.3 Å². The van der Waals surface area contributed by atoms with Crippen molar-refractivity contribution in [1.82, 2.24) is 9.97 Å². The summed E-state index contributed by atoms with van der Waals surface area (Å²) in [7, 11) is 0. The molecule has 6 nitrogen and oxygen atoms in total. The van der Waals surface area contributed by atoms with E-state index in [0.29, 0.717) is 6.61 Å². The Labute approximate surface area is 175 Å². The molecule has 2 aliphatic rings. The van der Waals surface area contributed by atoms with Crippen LogP contribution in [0.1, 0.15) is 37.1 Å². The predicted octanol–water partition coefficient (Wildman–Crippen LogP) is 2.37. The number of anilines is 1. The number of thioether (sulfide) groups is 1. The minimum atomic E-state index is -0.0872. The van der Waals surface area contributed by atoms with Gasteiger partial charge in [-0.3, -0.25) is 0 Å². The normalized spacial score (nSPS) is 23.1. The van der Waals surface area contributed by atoms with E-state index in [-0.39, 0.29) is 5.60 Å². The summed E-state index contributed by atoms with van der Waals surface area (Å²) in [6.45, 7) is 11.3. The third kappa shape index (κ3) is 4.31. The van der Waals surface area contributed by atoms with Crippen LogP contribution in [0.15, 0.2) is 5.16 Å². The van der Waals surface area contributed by atoms with E-state index in [9.17, 15) is 0 Å². The molecule has 2 aliphatic heterocycles. The summed E-state index contributed by atoms with van der Waals surface area (Å²) in [5, 5.41) is 5.70. The van der Waals surface area contributed by atoms with Gasteiger partial charge in [-0.15, -0.1) is 11.3 Å². The summed E-state index contributed by atoms with van der Waals surface area (Å²) in [5.74, 6) is 1.00. The van der Waals surface area contributed by atoms with Gasteiger partial charge in [0.15, 0.2) is 5.16 Å². The van der Waals surface area contributed by atoms with Crippen LogP contribution in [0.25, 0.3) is 10.2 Å². The molecule has 4 heterocycles. The maximum Gasteiger partial charge on any atom is 0.190 e. The fraction of sp³-hybridized carbons (Fsp3) is 0.700. The summed E-state index contributed by atoms with van der Waals surface area (Å²) in [6, 6.07) is 0. The SMILES string of the molecule is CC[C@]1(C)Cc2c(sc3nc(SC)nc(NCCC[NH+]4CCOCC4)c23)CO1. The molecule has 1 fully saturated rings. The number of fused-ring (bicyclic) bond motifs is 3. The molecule has 0 radical (unpaired) electrons. The molecule has 0 unspecified atom stereocenters. The Bertz CT molecular complexity index is 822. The average Bonchev–Trinajstić information content (AvgIpc) is 3.09. The molecule has 28 heavy (non-hydrogen) atoms. The highest BCUT2D eigenvalue weighted by atomic mass is 32.2. The van der Waals surface area contributed by atoms with Gasteiger partial charge < -0.3 is 19.7 Å². The van der Waals surface area contributed by atoms with E-state index >= 15 is 0 Å². The molecule has 4 rings (SSSR count). The van der Waals surface area contributed by atoms with Crippen molar-refractivity contribution in [3.05, 3.63) is 10.4 Å². The van der Waals surface area contributed by atoms with Gasteiger partial charge in [-0.25, -0.2) is 9.97 Å². The molecule has 154 valence electrons. The maximum absolute atomic E-state index is 6.16. The molecule has 0 saturated carbocycles. The number of hydrogen-bond acceptors (Lipinski definition) is 7. The number of ether oxygens (including phenoxy) is 2. The maximum atomic E-state index is 6.16. The lowest BCUT2D eigenvalue weighted by molar-refractivity contribution is -0.908. The zero-order valence-corrected chi connectivity index (χ0v) is 18.7. The average molecular weight is 424 g/mol. The molecule has 0 amide bonds. The Morgan fingerprint density at radius 2 is 2.11 bits per heavy atom. The first-order valence-electron chi connectivity index (χ1n) is 10.3. The van der Waals surface area contributed by atoms with E-state index < -0.39 is 0 Å². The van der Waals surface area contributed by atoms with Crippen molar-refractivity contribution in [3.8, 4) is 0 Å². The number of nitrogens with one attached hydrogen (secondary N) is 2. The smallest absolute Gasteiger partial charge is 0.190 e. The Hall–Kier alpha value is -0.930. The van der Waals surface area contributed by atoms with Gasteiger partial charge >= 0.3 is 0 Å². The third-order valence-electron chi connectivity index (χ3n) is 5.95. The molecule has 1 atom stereocenters. The Balaban J connectivity index is 1.53. The number of thiophene rings is 1. The molecule has 2 aromatic rings. The molecule has 8 heteroatoms. The quantitative estimate of drug-likeness (QED) is 0.405. The number of quaternary nitrogens is 1. The number of morpholine rings is 1. The number of aromatic nitrogens is 2. The van der Waals surface area contributed by atoms with Crippen LogP contribution in [0.3, 0.4) is 0 Å². The van der Waals surface area contributed by atoms with E-state index in [4.69, 9.17) is 19.4 Å². The molecule has 2 aromatic heterocycles. The van der Waals surface area contributed by atoms with Gasteiger partial charge in [0.25, 0.3) is 0 Å². The van der Waals surface area contributed by atoms with Crippen LogP contribution in [0, 0.1) is 0 Å². The highest BCUT2D eigenvalue weighted by Crippen LogP contribution is 2.42. The number of hydrogen-bond donors (Lipinski definition) is 2. The first-order chi connectivity index (χ1) is 13.6. The van der Waals surface area contributed by atoms with Crippen molar-refractivity contribution >= 4 is 39.1 Å². The van der Waals surface area contributed by atoms with Crippen molar-refractivity contribution in [1.29, 1.82) is 0 Å². The summed E-state index contributed by atoms with van der Waals surface area (Å²) in [5.41, 5.74) is 1.31. The zero-order valence-electron chi connectivity index (χ0n) is 17.1. The summed E-state index contributed by atoms with van der Waals surface area (Å²) < 4.78 is 11.6. The lowest BCUT2D eigenvalue weighted by Crippen LogP contribution is -3.14. The lowest BCUT2D eigenvalue weighted by Gasteiger charge is -2.33. The molecule has 0 aliphatic carbocycles. The van der Waals surface area contributed by atoms with Crippen LogP contribution in [0.5, 0.6) is 0 Å². The van der Waals surface area contributed by atoms with Gasteiger partial charge in [-0.2, -0.15) is 0 Å². The fourth-order valence-corrected chi connectivity index (χ4v) is 5.48. The molecule has 2 N–H and O–H groups in total. The first kappa shape index (κ1) is 20.3. The van der Waals surface area contributed by atoms with Gasteiger partial charge in [0.2, 0.25) is 0 Å². The summed E-state index contributed by atoms with van der Waals surface area (Å²) >= 11 is 3.37. The Morgan fingerprint density at radius 1 is 1.29 bits per heavy atom. The van der Waals surface area contributed by atoms with Crippen molar-refractivity contribution in [2.24, 2.45) is 0 Å². The van der Waals surface area contributed by atoms with Crippen molar-refractivity contribution in [2.75, 3.05) is 51.0 Å². The second kappa shape index (κ2) is 8.83. The molecule has 0 spiro atoms. The van der Waals surface area contributed by atoms with Crippen LogP contribution in [0.4, 0.5) is 5.82 Å². The monoisotopic (exact) mass is 423 g/mol. The molecule has 0 bridgehead atoms. The number of nitrogens with zero attached hydrogens (tertiary/aromatic N) is 2. The zero-order chi connectivity index (χ0) is 19.6. The van der Waals surface area contributed by atoms with E-state index in [1.165, 1.54) is 22.4 Å². The molecule has 0 aromatic carbocycles. The van der Waals surface area contributed by atoms with Gasteiger partial charge in [0.1, 0.15) is 23.7 Å². The number of rotatable bonds is 7. The Kier molecular flexibility index (Phi) is 6.42. The first-order valence-corrected chi connectivity index (χ1v) is 12.3. The summed E-state index contributed by atoms with van der Waals surface area (Å²) in [4.78, 5) is 13.7. The van der Waals surface area contributed by atoms with Crippen LogP contribution in [0.2, 0.25) is 0 Å². The van der Waals surface area contributed by atoms with Crippen LogP contribution >= 0.6 is 23.1 Å². The van der Waals surface area contributed by atoms with E-state index in [2.05, 4.69) is 19.2 Å². The fourth-order valence-electron chi connectivity index (χ4n) is 3.95. The topological polar surface area (TPSA) is 60.7 Å². The second-order valence-electron chi connectivity index (χ2n) is 7.90. The summed E-state index contributed by atoms with van der Waals surface area (Å²) in [6.07, 6.45) is 5.13. The predicted molar refractivity (Wildman–Crippen MR) is 116 cm³/mol. The minimum Gasteiger partial charge on any atom is -0.370 e. The minimum absolute atomic E-state index is 0.0872. The third-order valence-corrected chi connectivity index (χ3v) is 7.59.